The van der Waals surface area contributed by atoms with Gasteiger partial charge in [0.15, 0.2) is 0 Å². The fraction of sp³-hybridized carbons (Fsp3) is 0.333. The summed E-state index contributed by atoms with van der Waals surface area (Å²) in [7, 11) is -0.391. The number of rotatable bonds is 6. The molecule has 0 fully saturated rings. The van der Waals surface area contributed by atoms with Gasteiger partial charge in [-0.05, 0) is 47.5 Å². The van der Waals surface area contributed by atoms with Gasteiger partial charge in [-0.2, -0.15) is 0 Å². The Balaban J connectivity index is 2.02. The minimum atomic E-state index is -1.35. The van der Waals surface area contributed by atoms with Crippen molar-refractivity contribution in [1.82, 2.24) is 0 Å². The predicted octanol–water partition coefficient (Wildman–Crippen LogP) is 7.00. The molecule has 5 heteroatoms. The lowest BCUT2D eigenvalue weighted by Gasteiger charge is -2.32. The van der Waals surface area contributed by atoms with Crippen LogP contribution in [0.3, 0.4) is 0 Å². The number of hydrogen-bond acceptors (Lipinski definition) is 1. The molecule has 0 N–H and O–H groups in total. The number of benzene rings is 2. The maximum Gasteiger partial charge on any atom is 0.108 e. The van der Waals surface area contributed by atoms with E-state index in [2.05, 4.69) is 61.1 Å². The van der Waals surface area contributed by atoms with Crippen molar-refractivity contribution < 1.29 is 0 Å². The maximum absolute atomic E-state index is 5.99. The van der Waals surface area contributed by atoms with E-state index in [0.717, 1.165) is 10.0 Å². The van der Waals surface area contributed by atoms with Crippen molar-refractivity contribution in [2.75, 3.05) is 0 Å². The van der Waals surface area contributed by atoms with E-state index in [1.54, 1.807) is 0 Å². The van der Waals surface area contributed by atoms with Crippen molar-refractivity contribution in [3.63, 3.8) is 0 Å². The Morgan fingerprint density at radius 2 is 0.957 bits per heavy atom. The summed E-state index contributed by atoms with van der Waals surface area (Å²) >= 11 is 12.0. The molecular weight excluding hydrogens is 375 g/mol. The van der Waals surface area contributed by atoms with E-state index in [9.17, 15) is 0 Å². The summed E-state index contributed by atoms with van der Waals surface area (Å²) < 4.78 is 0. The highest BCUT2D eigenvalue weighted by atomic mass is 35.5. The van der Waals surface area contributed by atoms with Crippen LogP contribution in [0.25, 0.3) is 0 Å². The van der Waals surface area contributed by atoms with Crippen molar-refractivity contribution in [3.8, 4) is 0 Å². The second-order valence-electron chi connectivity index (χ2n) is 7.23. The zero-order valence-electron chi connectivity index (χ0n) is 14.2. The Hall–Kier alpha value is -0.196. The van der Waals surface area contributed by atoms with Crippen LogP contribution in [0.5, 0.6) is 0 Å². The molecule has 0 bridgehead atoms. The van der Waals surface area contributed by atoms with Crippen molar-refractivity contribution in [3.05, 3.63) is 69.7 Å². The molecule has 0 saturated carbocycles. The summed E-state index contributed by atoms with van der Waals surface area (Å²) in [6, 6.07) is 19.1. The average molecular weight is 400 g/mol. The topological polar surface area (TPSA) is 0 Å². The fourth-order valence-electron chi connectivity index (χ4n) is 3.01. The molecule has 2 rings (SSSR count). The van der Waals surface area contributed by atoms with E-state index >= 15 is 0 Å². The van der Waals surface area contributed by atoms with Crippen LogP contribution in [0.4, 0.5) is 0 Å². The van der Waals surface area contributed by atoms with Crippen LogP contribution in [-0.2, 0) is 12.1 Å². The van der Waals surface area contributed by atoms with Crippen LogP contribution in [0.15, 0.2) is 48.5 Å². The second kappa shape index (κ2) is 7.79. The third-order valence-corrected chi connectivity index (χ3v) is 21.9. The Labute approximate surface area is 155 Å². The van der Waals surface area contributed by atoms with Crippen LogP contribution in [0.1, 0.15) is 11.1 Å². The molecule has 2 aromatic carbocycles. The highest BCUT2D eigenvalue weighted by molar-refractivity contribution is 8.49. The quantitative estimate of drug-likeness (QED) is 0.471. The summed E-state index contributed by atoms with van der Waals surface area (Å²) in [5.74, 6) is 0. The van der Waals surface area contributed by atoms with Gasteiger partial charge in [-0.1, -0.05) is 73.7 Å². The second-order valence-corrected chi connectivity index (χ2v) is 25.1. The summed E-state index contributed by atoms with van der Waals surface area (Å²) in [5, 5.41) is 1.64. The average Bonchev–Trinajstić information content (AvgIpc) is 2.42. The zero-order chi connectivity index (χ0) is 17.1. The molecule has 0 spiro atoms. The molecule has 2 aromatic rings. The first kappa shape index (κ1) is 19.1. The molecule has 0 radical (unpaired) electrons. The molecule has 23 heavy (non-hydrogen) atoms. The number of hydrogen-bond donors (Lipinski definition) is 0. The third-order valence-electron chi connectivity index (χ3n) is 3.64. The molecule has 0 atom stereocenters. The molecule has 0 heterocycles. The molecule has 0 aliphatic heterocycles. The lowest BCUT2D eigenvalue weighted by molar-refractivity contribution is 1.34. The van der Waals surface area contributed by atoms with Crippen molar-refractivity contribution >= 4 is 48.3 Å². The third kappa shape index (κ3) is 6.67. The van der Waals surface area contributed by atoms with Crippen LogP contribution in [0.2, 0.25) is 36.2 Å². The first-order valence-corrected chi connectivity index (χ1v) is 17.3. The van der Waals surface area contributed by atoms with Gasteiger partial charge in [-0.15, -0.1) is 0 Å². The monoisotopic (exact) mass is 398 g/mol. The van der Waals surface area contributed by atoms with Crippen molar-refractivity contribution in [2.24, 2.45) is 0 Å². The lowest BCUT2D eigenvalue weighted by Crippen LogP contribution is -2.37. The molecular formula is C18H24Cl2SSi2. The largest absolute Gasteiger partial charge is 0.205 e. The molecule has 0 unspecified atom stereocenters. The lowest BCUT2D eigenvalue weighted by atomic mass is 10.2. The Kier molecular flexibility index (Phi) is 6.48. The molecule has 0 aliphatic carbocycles. The summed E-state index contributed by atoms with van der Waals surface area (Å²) in [6.07, 6.45) is 0. The van der Waals surface area contributed by atoms with Crippen LogP contribution < -0.4 is 0 Å². The zero-order valence-corrected chi connectivity index (χ0v) is 18.5. The maximum atomic E-state index is 5.99. The van der Waals surface area contributed by atoms with Gasteiger partial charge in [0.1, 0.15) is 14.4 Å². The molecule has 0 aromatic heterocycles. The van der Waals surface area contributed by atoms with Crippen LogP contribution >= 0.6 is 33.9 Å². The normalized spacial score (nSPS) is 12.4. The van der Waals surface area contributed by atoms with E-state index in [0.29, 0.717) is 0 Å². The van der Waals surface area contributed by atoms with Gasteiger partial charge in [0.25, 0.3) is 0 Å². The fourth-order valence-corrected chi connectivity index (χ4v) is 28.0. The SMILES string of the molecule is C[Si](C)(Cc1ccc(Cl)cc1)S[Si](C)(C)Cc1ccc(Cl)cc1. The highest BCUT2D eigenvalue weighted by Crippen LogP contribution is 2.35. The molecule has 124 valence electrons. The van der Waals surface area contributed by atoms with Gasteiger partial charge in [-0.25, -0.2) is 10.7 Å². The summed E-state index contributed by atoms with van der Waals surface area (Å²) in [6.45, 7) is 9.96. The minimum absolute atomic E-state index is 0.818. The van der Waals surface area contributed by atoms with Crippen molar-refractivity contribution in [1.29, 1.82) is 0 Å². The highest BCUT2D eigenvalue weighted by Gasteiger charge is 2.32. The van der Waals surface area contributed by atoms with Gasteiger partial charge < -0.3 is 0 Å². The first-order chi connectivity index (χ1) is 10.7. The predicted molar refractivity (Wildman–Crippen MR) is 113 cm³/mol. The minimum Gasteiger partial charge on any atom is -0.205 e. The van der Waals surface area contributed by atoms with Gasteiger partial charge in [-0.3, -0.25) is 0 Å². The van der Waals surface area contributed by atoms with Crippen LogP contribution in [-0.4, -0.2) is 14.4 Å². The Bertz CT molecular complexity index is 580. The van der Waals surface area contributed by atoms with Gasteiger partial charge in [0.2, 0.25) is 0 Å². The molecule has 0 amide bonds. The van der Waals surface area contributed by atoms with E-state index < -0.39 is 14.4 Å². The summed E-state index contributed by atoms with van der Waals surface area (Å²) in [4.78, 5) is 0. The van der Waals surface area contributed by atoms with Gasteiger partial charge in [0, 0.05) is 10.0 Å². The van der Waals surface area contributed by atoms with Gasteiger partial charge >= 0.3 is 0 Å². The van der Waals surface area contributed by atoms with E-state index in [1.165, 1.54) is 23.2 Å². The Morgan fingerprint density at radius 1 is 0.652 bits per heavy atom. The van der Waals surface area contributed by atoms with Crippen molar-refractivity contribution in [2.45, 2.75) is 38.3 Å². The van der Waals surface area contributed by atoms with Crippen LogP contribution in [0, 0.1) is 0 Å². The summed E-state index contributed by atoms with van der Waals surface area (Å²) in [5.41, 5.74) is 2.82. The standard InChI is InChI=1S/C18H24Cl2SSi2/c1-22(2,13-15-5-9-17(19)10-6-15)21-23(3,4)14-16-7-11-18(20)12-8-16/h5-12H,13-14H2,1-4H3. The van der Waals surface area contributed by atoms with E-state index in [4.69, 9.17) is 23.2 Å². The van der Waals surface area contributed by atoms with E-state index in [-0.39, 0.29) is 0 Å². The molecule has 0 aliphatic rings. The number of halogens is 2. The smallest absolute Gasteiger partial charge is 0.108 e. The van der Waals surface area contributed by atoms with Gasteiger partial charge in [0.05, 0.1) is 0 Å². The Morgan fingerprint density at radius 3 is 1.26 bits per heavy atom. The molecule has 0 nitrogen and oxygen atoms in total. The molecule has 0 saturated heterocycles. The first-order valence-electron chi connectivity index (χ1n) is 7.84. The van der Waals surface area contributed by atoms with E-state index in [1.807, 2.05) is 24.3 Å².